The van der Waals surface area contributed by atoms with E-state index in [4.69, 9.17) is 10.5 Å². The molecule has 6 nitrogen and oxygen atoms in total. The van der Waals surface area contributed by atoms with Gasteiger partial charge in [-0.3, -0.25) is 9.59 Å². The highest BCUT2D eigenvalue weighted by Crippen LogP contribution is 2.32. The number of esters is 1. The average Bonchev–Trinajstić information content (AvgIpc) is 3.04. The van der Waals surface area contributed by atoms with Crippen LogP contribution in [0.3, 0.4) is 0 Å². The second-order valence-corrected chi connectivity index (χ2v) is 8.02. The van der Waals surface area contributed by atoms with Crippen LogP contribution in [0.4, 0.5) is 5.00 Å². The highest BCUT2D eigenvalue weighted by Gasteiger charge is 2.16. The quantitative estimate of drug-likeness (QED) is 0.659. The van der Waals surface area contributed by atoms with Crippen LogP contribution in [-0.4, -0.2) is 24.4 Å². The van der Waals surface area contributed by atoms with Crippen LogP contribution in [0.15, 0.2) is 25.8 Å². The fourth-order valence-electron chi connectivity index (χ4n) is 1.41. The van der Waals surface area contributed by atoms with E-state index < -0.39 is 24.4 Å². The van der Waals surface area contributed by atoms with Crippen molar-refractivity contribution in [3.05, 3.63) is 36.2 Å². The summed E-state index contributed by atoms with van der Waals surface area (Å²) in [6.45, 7) is -0.456. The third-order valence-corrected chi connectivity index (χ3v) is 6.43. The number of anilines is 1. The molecule has 0 aliphatic carbocycles. The average molecular weight is 468 g/mol. The predicted octanol–water partition coefficient (Wildman–Crippen LogP) is 3.23. The van der Waals surface area contributed by atoms with Gasteiger partial charge in [0.25, 0.3) is 11.8 Å². The van der Waals surface area contributed by atoms with Crippen LogP contribution in [0.5, 0.6) is 0 Å². The number of halogens is 2. The predicted molar refractivity (Wildman–Crippen MR) is 91.5 cm³/mol. The van der Waals surface area contributed by atoms with Gasteiger partial charge in [0, 0.05) is 4.47 Å². The van der Waals surface area contributed by atoms with Gasteiger partial charge in [-0.15, -0.1) is 22.7 Å². The number of amides is 2. The Hall–Kier alpha value is -1.23. The molecule has 0 aliphatic rings. The highest BCUT2D eigenvalue weighted by atomic mass is 79.9. The van der Waals surface area contributed by atoms with Crippen LogP contribution < -0.4 is 11.1 Å². The van der Waals surface area contributed by atoms with Crippen molar-refractivity contribution < 1.29 is 19.1 Å². The molecule has 2 amide bonds. The van der Waals surface area contributed by atoms with Gasteiger partial charge >= 0.3 is 5.97 Å². The molecule has 0 aliphatic heterocycles. The maximum absolute atomic E-state index is 11.8. The Bertz CT molecular complexity index is 722. The minimum atomic E-state index is -0.637. The van der Waals surface area contributed by atoms with Crippen LogP contribution in [0.1, 0.15) is 20.0 Å². The zero-order valence-corrected chi connectivity index (χ0v) is 15.5. The molecule has 10 heteroatoms. The van der Waals surface area contributed by atoms with E-state index in [1.165, 1.54) is 17.4 Å². The number of primary amides is 1. The van der Waals surface area contributed by atoms with E-state index in [1.807, 2.05) is 0 Å². The lowest BCUT2D eigenvalue weighted by molar-refractivity contribution is -0.119. The summed E-state index contributed by atoms with van der Waals surface area (Å²) in [6, 6.07) is 3.11. The molecule has 2 heterocycles. The van der Waals surface area contributed by atoms with Gasteiger partial charge in [0.05, 0.1) is 9.35 Å². The first-order valence-corrected chi connectivity index (χ1v) is 8.95. The van der Waals surface area contributed by atoms with Gasteiger partial charge in [0.2, 0.25) is 0 Å². The number of hydrogen-bond donors (Lipinski definition) is 2. The van der Waals surface area contributed by atoms with E-state index in [0.29, 0.717) is 9.88 Å². The number of nitrogens with two attached hydrogens (primary N) is 1. The van der Waals surface area contributed by atoms with Gasteiger partial charge in [-0.25, -0.2) is 4.79 Å². The highest BCUT2D eigenvalue weighted by molar-refractivity contribution is 9.13. The molecule has 0 saturated carbocycles. The Morgan fingerprint density at radius 1 is 1.32 bits per heavy atom. The Labute approximate surface area is 149 Å². The molecule has 22 heavy (non-hydrogen) atoms. The molecular formula is C12H8Br2N2O4S2. The summed E-state index contributed by atoms with van der Waals surface area (Å²) < 4.78 is 6.41. The molecule has 2 aromatic heterocycles. The Morgan fingerprint density at radius 2 is 2.05 bits per heavy atom. The molecule has 0 aromatic carbocycles. The smallest absolute Gasteiger partial charge is 0.348 e. The number of thiophene rings is 2. The van der Waals surface area contributed by atoms with Crippen molar-refractivity contribution in [2.75, 3.05) is 11.9 Å². The number of nitrogens with one attached hydrogen (secondary N) is 1. The van der Waals surface area contributed by atoms with Crippen molar-refractivity contribution >= 4 is 77.3 Å². The molecule has 3 N–H and O–H groups in total. The van der Waals surface area contributed by atoms with E-state index in [9.17, 15) is 14.4 Å². The summed E-state index contributed by atoms with van der Waals surface area (Å²) >= 11 is 8.88. The molecule has 2 rings (SSSR count). The molecular weight excluding hydrogens is 460 g/mol. The minimum Gasteiger partial charge on any atom is -0.451 e. The Balaban J connectivity index is 1.91. The molecule has 0 atom stereocenters. The molecule has 0 fully saturated rings. The van der Waals surface area contributed by atoms with Crippen molar-refractivity contribution in [3.63, 3.8) is 0 Å². The summed E-state index contributed by atoms with van der Waals surface area (Å²) in [4.78, 5) is 35.0. The van der Waals surface area contributed by atoms with Crippen LogP contribution in [0.2, 0.25) is 0 Å². The largest absolute Gasteiger partial charge is 0.451 e. The lowest BCUT2D eigenvalue weighted by atomic mass is 10.3. The van der Waals surface area contributed by atoms with Crippen molar-refractivity contribution in [2.24, 2.45) is 5.73 Å². The third kappa shape index (κ3) is 4.15. The van der Waals surface area contributed by atoms with E-state index in [-0.39, 0.29) is 5.56 Å². The number of carbonyl (C=O) groups excluding carboxylic acids is 3. The van der Waals surface area contributed by atoms with Crippen LogP contribution in [-0.2, 0) is 9.53 Å². The number of ether oxygens (including phenoxy) is 1. The van der Waals surface area contributed by atoms with Crippen molar-refractivity contribution in [3.8, 4) is 0 Å². The summed E-state index contributed by atoms with van der Waals surface area (Å²) in [5, 5.41) is 4.44. The van der Waals surface area contributed by atoms with Crippen molar-refractivity contribution in [1.82, 2.24) is 0 Å². The lowest BCUT2D eigenvalue weighted by Gasteiger charge is -2.05. The fourth-order valence-corrected chi connectivity index (χ4v) is 4.15. The number of carbonyl (C=O) groups is 3. The molecule has 2 aromatic rings. The first-order chi connectivity index (χ1) is 10.4. The van der Waals surface area contributed by atoms with Crippen LogP contribution in [0.25, 0.3) is 0 Å². The number of rotatable bonds is 5. The van der Waals surface area contributed by atoms with E-state index in [0.717, 1.165) is 19.6 Å². The van der Waals surface area contributed by atoms with E-state index in [2.05, 4.69) is 37.2 Å². The standard InChI is InChI=1S/C12H8Br2N2O4S2/c13-6-3-7(22-9(6)14)12(19)20-4-8(17)16-11-5(10(15)18)1-2-21-11/h1-3H,4H2,(H2,15,18)(H,16,17). The summed E-state index contributed by atoms with van der Waals surface area (Å²) in [5.74, 6) is -1.79. The Kier molecular flexibility index (Phi) is 5.73. The molecule has 0 unspecified atom stereocenters. The Morgan fingerprint density at radius 3 is 2.64 bits per heavy atom. The molecule has 0 spiro atoms. The van der Waals surface area contributed by atoms with E-state index in [1.54, 1.807) is 11.4 Å². The van der Waals surface area contributed by atoms with Gasteiger partial charge in [0.1, 0.15) is 9.88 Å². The second kappa shape index (κ2) is 7.36. The minimum absolute atomic E-state index is 0.218. The SMILES string of the molecule is NC(=O)c1ccsc1NC(=O)COC(=O)c1cc(Br)c(Br)s1. The van der Waals surface area contributed by atoms with Gasteiger partial charge in [-0.1, -0.05) is 0 Å². The van der Waals surface area contributed by atoms with Crippen molar-refractivity contribution in [2.45, 2.75) is 0 Å². The van der Waals surface area contributed by atoms with Gasteiger partial charge in [0.15, 0.2) is 6.61 Å². The number of hydrogen-bond acceptors (Lipinski definition) is 6. The van der Waals surface area contributed by atoms with Crippen molar-refractivity contribution in [1.29, 1.82) is 0 Å². The van der Waals surface area contributed by atoms with Crippen LogP contribution in [0, 0.1) is 0 Å². The van der Waals surface area contributed by atoms with Gasteiger partial charge < -0.3 is 15.8 Å². The second-order valence-electron chi connectivity index (χ2n) is 3.88. The van der Waals surface area contributed by atoms with Crippen LogP contribution >= 0.6 is 54.5 Å². The monoisotopic (exact) mass is 466 g/mol. The van der Waals surface area contributed by atoms with Gasteiger partial charge in [-0.2, -0.15) is 0 Å². The molecule has 0 bridgehead atoms. The third-order valence-electron chi connectivity index (χ3n) is 2.36. The molecule has 116 valence electrons. The topological polar surface area (TPSA) is 98.5 Å². The summed E-state index contributed by atoms with van der Waals surface area (Å²) in [5.41, 5.74) is 5.39. The maximum atomic E-state index is 11.8. The lowest BCUT2D eigenvalue weighted by Crippen LogP contribution is -2.22. The maximum Gasteiger partial charge on any atom is 0.348 e. The summed E-state index contributed by atoms with van der Waals surface area (Å²) in [6.07, 6.45) is 0. The zero-order chi connectivity index (χ0) is 16.3. The fraction of sp³-hybridized carbons (Fsp3) is 0.0833. The zero-order valence-electron chi connectivity index (χ0n) is 10.7. The van der Waals surface area contributed by atoms with E-state index >= 15 is 0 Å². The van der Waals surface area contributed by atoms with Gasteiger partial charge in [-0.05, 0) is 49.4 Å². The molecule has 0 radical (unpaired) electrons. The first-order valence-electron chi connectivity index (χ1n) is 5.67. The normalized spacial score (nSPS) is 10.3. The first kappa shape index (κ1) is 17.1. The summed E-state index contributed by atoms with van der Waals surface area (Å²) in [7, 11) is 0. The molecule has 0 saturated heterocycles.